The highest BCUT2D eigenvalue weighted by molar-refractivity contribution is 5.88. The van der Waals surface area contributed by atoms with Gasteiger partial charge in [0.25, 0.3) is 0 Å². The number of aromatic carboxylic acids is 1. The highest BCUT2D eigenvalue weighted by atomic mass is 16.4. The van der Waals surface area contributed by atoms with E-state index in [4.69, 9.17) is 9.52 Å². The smallest absolute Gasteiger partial charge is 0.339 e. The van der Waals surface area contributed by atoms with Crippen molar-refractivity contribution in [2.75, 3.05) is 7.05 Å². The third kappa shape index (κ3) is 2.83. The SMILES string of the molecule is Cc1oc(CN(C)C(C)C)cc1C(=O)O. The summed E-state index contributed by atoms with van der Waals surface area (Å²) in [4.78, 5) is 12.9. The van der Waals surface area contributed by atoms with E-state index >= 15 is 0 Å². The van der Waals surface area contributed by atoms with Crippen LogP contribution in [0.5, 0.6) is 0 Å². The molecule has 0 amide bonds. The van der Waals surface area contributed by atoms with Crippen molar-refractivity contribution in [2.24, 2.45) is 0 Å². The topological polar surface area (TPSA) is 53.7 Å². The van der Waals surface area contributed by atoms with Crippen molar-refractivity contribution in [3.05, 3.63) is 23.2 Å². The molecule has 1 aromatic heterocycles. The summed E-state index contributed by atoms with van der Waals surface area (Å²) in [6, 6.07) is 2.00. The summed E-state index contributed by atoms with van der Waals surface area (Å²) >= 11 is 0. The minimum absolute atomic E-state index is 0.252. The molecule has 0 bridgehead atoms. The summed E-state index contributed by atoms with van der Waals surface area (Å²) < 4.78 is 5.37. The van der Waals surface area contributed by atoms with E-state index in [1.807, 2.05) is 7.05 Å². The Morgan fingerprint density at radius 3 is 2.60 bits per heavy atom. The Morgan fingerprint density at radius 1 is 1.60 bits per heavy atom. The summed E-state index contributed by atoms with van der Waals surface area (Å²) in [5.74, 6) is 0.227. The highest BCUT2D eigenvalue weighted by Crippen LogP contribution is 2.16. The monoisotopic (exact) mass is 211 g/mol. The molecule has 0 fully saturated rings. The van der Waals surface area contributed by atoms with Gasteiger partial charge in [-0.2, -0.15) is 0 Å². The molecule has 4 nitrogen and oxygen atoms in total. The van der Waals surface area contributed by atoms with Crippen LogP contribution in [-0.2, 0) is 6.54 Å². The molecule has 1 aromatic rings. The van der Waals surface area contributed by atoms with E-state index in [0.717, 1.165) is 0 Å². The predicted molar refractivity (Wildman–Crippen MR) is 57.0 cm³/mol. The lowest BCUT2D eigenvalue weighted by atomic mass is 10.2. The fraction of sp³-hybridized carbons (Fsp3) is 0.545. The maximum Gasteiger partial charge on any atom is 0.339 e. The lowest BCUT2D eigenvalue weighted by Crippen LogP contribution is -2.25. The van der Waals surface area contributed by atoms with Crippen molar-refractivity contribution in [3.63, 3.8) is 0 Å². The minimum Gasteiger partial charge on any atom is -0.478 e. The van der Waals surface area contributed by atoms with E-state index in [1.54, 1.807) is 13.0 Å². The van der Waals surface area contributed by atoms with Crippen molar-refractivity contribution < 1.29 is 14.3 Å². The van der Waals surface area contributed by atoms with Crippen LogP contribution < -0.4 is 0 Å². The van der Waals surface area contributed by atoms with E-state index in [2.05, 4.69) is 18.7 Å². The van der Waals surface area contributed by atoms with Crippen LogP contribution in [0.1, 0.15) is 35.7 Å². The fourth-order valence-electron chi connectivity index (χ4n) is 1.26. The second-order valence-corrected chi connectivity index (χ2v) is 4.00. The maximum absolute atomic E-state index is 10.8. The molecule has 0 saturated heterocycles. The Labute approximate surface area is 89.5 Å². The molecule has 0 aliphatic rings. The Morgan fingerprint density at radius 2 is 2.20 bits per heavy atom. The number of carbonyl (C=O) groups is 1. The Hall–Kier alpha value is -1.29. The van der Waals surface area contributed by atoms with Gasteiger partial charge >= 0.3 is 5.97 Å². The number of rotatable bonds is 4. The third-order valence-electron chi connectivity index (χ3n) is 2.49. The molecule has 0 aromatic carbocycles. The molecule has 0 unspecified atom stereocenters. The first kappa shape index (κ1) is 11.8. The zero-order valence-corrected chi connectivity index (χ0v) is 9.57. The first-order valence-electron chi connectivity index (χ1n) is 4.94. The van der Waals surface area contributed by atoms with Crippen molar-refractivity contribution in [3.8, 4) is 0 Å². The first-order valence-corrected chi connectivity index (χ1v) is 4.94. The second kappa shape index (κ2) is 4.49. The van der Waals surface area contributed by atoms with Gasteiger partial charge in [-0.25, -0.2) is 4.79 Å². The molecule has 0 atom stereocenters. The number of nitrogens with zero attached hydrogens (tertiary/aromatic N) is 1. The van der Waals surface area contributed by atoms with Gasteiger partial charge in [0.05, 0.1) is 6.54 Å². The Balaban J connectivity index is 2.80. The molecule has 1 N–H and O–H groups in total. The largest absolute Gasteiger partial charge is 0.478 e. The fourth-order valence-corrected chi connectivity index (χ4v) is 1.26. The second-order valence-electron chi connectivity index (χ2n) is 4.00. The first-order chi connectivity index (χ1) is 6.91. The van der Waals surface area contributed by atoms with Crippen LogP contribution in [0.25, 0.3) is 0 Å². The molecule has 0 aliphatic heterocycles. The van der Waals surface area contributed by atoms with Crippen LogP contribution in [0.2, 0.25) is 0 Å². The molecule has 0 spiro atoms. The quantitative estimate of drug-likeness (QED) is 0.828. The average Bonchev–Trinajstić information content (AvgIpc) is 2.46. The normalized spacial score (nSPS) is 11.3. The molecule has 1 heterocycles. The summed E-state index contributed by atoms with van der Waals surface area (Å²) in [6.07, 6.45) is 0. The molecule has 4 heteroatoms. The number of carboxylic acid groups (broad SMARTS) is 1. The number of furan rings is 1. The van der Waals surface area contributed by atoms with E-state index in [0.29, 0.717) is 24.1 Å². The van der Waals surface area contributed by atoms with Crippen molar-refractivity contribution in [2.45, 2.75) is 33.4 Å². The van der Waals surface area contributed by atoms with Crippen LogP contribution in [0.4, 0.5) is 0 Å². The van der Waals surface area contributed by atoms with Crippen LogP contribution in [0.3, 0.4) is 0 Å². The number of hydrogen-bond acceptors (Lipinski definition) is 3. The summed E-state index contributed by atoms with van der Waals surface area (Å²) in [5, 5.41) is 8.85. The number of carboxylic acids is 1. The van der Waals surface area contributed by atoms with Gasteiger partial charge in [0.1, 0.15) is 17.1 Å². The molecule has 0 radical (unpaired) electrons. The van der Waals surface area contributed by atoms with E-state index in [1.165, 1.54) is 0 Å². The van der Waals surface area contributed by atoms with Crippen LogP contribution in [-0.4, -0.2) is 29.1 Å². The summed E-state index contributed by atoms with van der Waals surface area (Å²) in [7, 11) is 1.98. The zero-order chi connectivity index (χ0) is 11.6. The van der Waals surface area contributed by atoms with Gasteiger partial charge in [0, 0.05) is 6.04 Å². The molecule has 0 aliphatic carbocycles. The number of hydrogen-bond donors (Lipinski definition) is 1. The van der Waals surface area contributed by atoms with Crippen LogP contribution in [0.15, 0.2) is 10.5 Å². The van der Waals surface area contributed by atoms with Crippen LogP contribution in [0, 0.1) is 6.92 Å². The van der Waals surface area contributed by atoms with Gasteiger partial charge in [0.2, 0.25) is 0 Å². The summed E-state index contributed by atoms with van der Waals surface area (Å²) in [6.45, 7) is 6.45. The lowest BCUT2D eigenvalue weighted by molar-refractivity contribution is 0.0695. The number of aryl methyl sites for hydroxylation is 1. The lowest BCUT2D eigenvalue weighted by Gasteiger charge is -2.19. The standard InChI is InChI=1S/C11H17NO3/c1-7(2)12(4)6-9-5-10(11(13)14)8(3)15-9/h5,7H,6H2,1-4H3,(H,13,14). The third-order valence-corrected chi connectivity index (χ3v) is 2.49. The van der Waals surface area contributed by atoms with Gasteiger partial charge in [0.15, 0.2) is 0 Å². The summed E-state index contributed by atoms with van der Waals surface area (Å²) in [5.41, 5.74) is 0.252. The van der Waals surface area contributed by atoms with E-state index < -0.39 is 5.97 Å². The molecule has 15 heavy (non-hydrogen) atoms. The van der Waals surface area contributed by atoms with Gasteiger partial charge in [-0.15, -0.1) is 0 Å². The Kier molecular flexibility index (Phi) is 3.52. The minimum atomic E-state index is -0.935. The average molecular weight is 211 g/mol. The van der Waals surface area contributed by atoms with Crippen molar-refractivity contribution >= 4 is 5.97 Å². The van der Waals surface area contributed by atoms with Gasteiger partial charge < -0.3 is 9.52 Å². The van der Waals surface area contributed by atoms with Gasteiger partial charge in [-0.05, 0) is 33.9 Å². The highest BCUT2D eigenvalue weighted by Gasteiger charge is 2.15. The molecular weight excluding hydrogens is 194 g/mol. The molecular formula is C11H17NO3. The van der Waals surface area contributed by atoms with Gasteiger partial charge in [-0.3, -0.25) is 4.90 Å². The Bertz CT molecular complexity index is 355. The van der Waals surface area contributed by atoms with Crippen molar-refractivity contribution in [1.29, 1.82) is 0 Å². The van der Waals surface area contributed by atoms with E-state index in [9.17, 15) is 4.79 Å². The van der Waals surface area contributed by atoms with Gasteiger partial charge in [-0.1, -0.05) is 0 Å². The van der Waals surface area contributed by atoms with Crippen molar-refractivity contribution in [1.82, 2.24) is 4.90 Å². The van der Waals surface area contributed by atoms with Crippen LogP contribution >= 0.6 is 0 Å². The molecule has 1 rings (SSSR count). The molecule has 0 saturated carbocycles. The zero-order valence-electron chi connectivity index (χ0n) is 9.57. The predicted octanol–water partition coefficient (Wildman–Crippen LogP) is 2.13. The maximum atomic E-state index is 10.8. The molecule has 84 valence electrons. The van der Waals surface area contributed by atoms with E-state index in [-0.39, 0.29) is 5.56 Å².